The Bertz CT molecular complexity index is 460. The summed E-state index contributed by atoms with van der Waals surface area (Å²) >= 11 is 0. The van der Waals surface area contributed by atoms with Crippen LogP contribution in [0.15, 0.2) is 12.3 Å². The molecule has 1 aliphatic carbocycles. The molecule has 1 heterocycles. The van der Waals surface area contributed by atoms with Crippen LogP contribution in [0.3, 0.4) is 0 Å². The van der Waals surface area contributed by atoms with Crippen LogP contribution in [0.2, 0.25) is 0 Å². The minimum Gasteiger partial charge on any atom is -0.358 e. The fourth-order valence-electron chi connectivity index (χ4n) is 1.80. The second-order valence-corrected chi connectivity index (χ2v) is 4.38. The van der Waals surface area contributed by atoms with Crippen LogP contribution in [-0.2, 0) is 11.3 Å². The summed E-state index contributed by atoms with van der Waals surface area (Å²) < 4.78 is 1.24. The quantitative estimate of drug-likeness (QED) is 0.568. The van der Waals surface area contributed by atoms with Crippen molar-refractivity contribution < 1.29 is 9.72 Å². The normalized spacial score (nSPS) is 15.4. The number of rotatable bonds is 6. The number of aromatic nitrogens is 2. The lowest BCUT2D eigenvalue weighted by Crippen LogP contribution is -2.43. The number of hydrogen-bond donors (Lipinski definition) is 2. The van der Waals surface area contributed by atoms with Gasteiger partial charge in [-0.3, -0.25) is 4.79 Å². The van der Waals surface area contributed by atoms with Crippen molar-refractivity contribution in [1.29, 1.82) is 0 Å². The summed E-state index contributed by atoms with van der Waals surface area (Å²) in [6, 6.07) is 1.26. The lowest BCUT2D eigenvalue weighted by Gasteiger charge is -2.15. The fourth-order valence-corrected chi connectivity index (χ4v) is 1.80. The zero-order valence-corrected chi connectivity index (χ0v) is 11.0. The van der Waals surface area contributed by atoms with Crippen LogP contribution in [0, 0.1) is 16.0 Å². The molecule has 1 unspecified atom stereocenters. The number of carbonyl (C=O) groups excluding carboxylic acids is 1. The standard InChI is InChI=1S/C10H15N5O3.ClH/c11-5-8(7-1-2-7)12-10(16)6-14-4-3-9(13-14)15(17)18;/h3-4,7-8H,1-2,5-6,11H2,(H,12,16);1H. The van der Waals surface area contributed by atoms with Gasteiger partial charge in [-0.1, -0.05) is 0 Å². The molecule has 1 aromatic heterocycles. The molecule has 8 nitrogen and oxygen atoms in total. The Morgan fingerprint density at radius 1 is 1.68 bits per heavy atom. The van der Waals surface area contributed by atoms with Crippen molar-refractivity contribution in [3.05, 3.63) is 22.4 Å². The Morgan fingerprint density at radius 3 is 2.84 bits per heavy atom. The third kappa shape index (κ3) is 4.18. The molecule has 1 aliphatic rings. The molecule has 3 N–H and O–H groups in total. The van der Waals surface area contributed by atoms with Gasteiger partial charge in [0.2, 0.25) is 5.91 Å². The summed E-state index contributed by atoms with van der Waals surface area (Å²) in [5.74, 6) is -0.0124. The van der Waals surface area contributed by atoms with Crippen molar-refractivity contribution in [3.8, 4) is 0 Å². The molecule has 1 atom stereocenters. The minimum absolute atomic E-state index is 0. The van der Waals surface area contributed by atoms with Crippen LogP contribution in [-0.4, -0.2) is 33.2 Å². The lowest BCUT2D eigenvalue weighted by molar-refractivity contribution is -0.389. The second kappa shape index (κ2) is 6.48. The number of nitrogens with one attached hydrogen (secondary N) is 1. The summed E-state index contributed by atoms with van der Waals surface area (Å²) in [6.07, 6.45) is 3.59. The van der Waals surface area contributed by atoms with Crippen molar-refractivity contribution in [2.45, 2.75) is 25.4 Å². The minimum atomic E-state index is -0.596. The molecule has 0 aromatic carbocycles. The van der Waals surface area contributed by atoms with Crippen molar-refractivity contribution in [1.82, 2.24) is 15.1 Å². The molecule has 1 fully saturated rings. The zero-order valence-electron chi connectivity index (χ0n) is 10.2. The number of halogens is 1. The van der Waals surface area contributed by atoms with Crippen LogP contribution < -0.4 is 11.1 Å². The predicted octanol–water partition coefficient (Wildman–Crippen LogP) is 0.0666. The number of carbonyl (C=O) groups is 1. The van der Waals surface area contributed by atoms with E-state index >= 15 is 0 Å². The van der Waals surface area contributed by atoms with Gasteiger partial charge < -0.3 is 21.2 Å². The number of amides is 1. The molecule has 0 aliphatic heterocycles. The van der Waals surface area contributed by atoms with E-state index in [2.05, 4.69) is 10.4 Å². The van der Waals surface area contributed by atoms with E-state index in [1.165, 1.54) is 16.9 Å². The molecule has 1 aromatic rings. The van der Waals surface area contributed by atoms with Gasteiger partial charge in [-0.25, -0.2) is 0 Å². The molecule has 2 rings (SSSR count). The van der Waals surface area contributed by atoms with Crippen molar-refractivity contribution in [2.24, 2.45) is 11.7 Å². The van der Waals surface area contributed by atoms with E-state index in [1.54, 1.807) is 0 Å². The molecular formula is C10H16ClN5O3. The van der Waals surface area contributed by atoms with Crippen LogP contribution in [0.5, 0.6) is 0 Å². The summed E-state index contributed by atoms with van der Waals surface area (Å²) in [5, 5.41) is 16.9. The maximum absolute atomic E-state index is 11.7. The summed E-state index contributed by atoms with van der Waals surface area (Å²) in [7, 11) is 0. The third-order valence-electron chi connectivity index (χ3n) is 2.91. The van der Waals surface area contributed by atoms with Gasteiger partial charge in [-0.15, -0.1) is 12.4 Å². The van der Waals surface area contributed by atoms with Crippen LogP contribution in [0.4, 0.5) is 5.82 Å². The van der Waals surface area contributed by atoms with Crippen molar-refractivity contribution in [2.75, 3.05) is 6.54 Å². The van der Waals surface area contributed by atoms with E-state index in [0.29, 0.717) is 12.5 Å². The molecule has 1 amide bonds. The van der Waals surface area contributed by atoms with Gasteiger partial charge in [-0.2, -0.15) is 4.68 Å². The Labute approximate surface area is 115 Å². The Balaban J connectivity index is 0.00000180. The van der Waals surface area contributed by atoms with Gasteiger partial charge in [0.15, 0.2) is 0 Å². The molecule has 0 bridgehead atoms. The Hall–Kier alpha value is -1.67. The molecular weight excluding hydrogens is 274 g/mol. The second-order valence-electron chi connectivity index (χ2n) is 4.38. The van der Waals surface area contributed by atoms with Gasteiger partial charge in [0.05, 0.1) is 17.4 Å². The average Bonchev–Trinajstić information content (AvgIpc) is 3.06. The maximum Gasteiger partial charge on any atom is 0.389 e. The molecule has 0 spiro atoms. The average molecular weight is 290 g/mol. The van der Waals surface area contributed by atoms with E-state index in [0.717, 1.165) is 12.8 Å². The number of nitrogens with two attached hydrogens (primary N) is 1. The molecule has 9 heteroatoms. The first-order chi connectivity index (χ1) is 8.60. The topological polar surface area (TPSA) is 116 Å². The molecule has 0 radical (unpaired) electrons. The highest BCUT2D eigenvalue weighted by molar-refractivity contribution is 5.85. The zero-order chi connectivity index (χ0) is 13.1. The van der Waals surface area contributed by atoms with Gasteiger partial charge in [0.25, 0.3) is 0 Å². The highest BCUT2D eigenvalue weighted by Gasteiger charge is 2.31. The Morgan fingerprint density at radius 2 is 2.37 bits per heavy atom. The van der Waals surface area contributed by atoms with Crippen LogP contribution in [0.1, 0.15) is 12.8 Å². The van der Waals surface area contributed by atoms with Gasteiger partial charge >= 0.3 is 5.82 Å². The molecule has 19 heavy (non-hydrogen) atoms. The lowest BCUT2D eigenvalue weighted by atomic mass is 10.2. The largest absolute Gasteiger partial charge is 0.389 e. The smallest absolute Gasteiger partial charge is 0.358 e. The molecule has 106 valence electrons. The highest BCUT2D eigenvalue weighted by atomic mass is 35.5. The highest BCUT2D eigenvalue weighted by Crippen LogP contribution is 2.32. The summed E-state index contributed by atoms with van der Waals surface area (Å²) in [6.45, 7) is 0.382. The van der Waals surface area contributed by atoms with E-state index in [9.17, 15) is 14.9 Å². The first-order valence-electron chi connectivity index (χ1n) is 5.77. The van der Waals surface area contributed by atoms with Crippen LogP contribution >= 0.6 is 12.4 Å². The third-order valence-corrected chi connectivity index (χ3v) is 2.91. The first-order valence-corrected chi connectivity index (χ1v) is 5.77. The predicted molar refractivity (Wildman–Crippen MR) is 69.8 cm³/mol. The Kier molecular flexibility index (Phi) is 5.25. The monoisotopic (exact) mass is 289 g/mol. The van der Waals surface area contributed by atoms with Gasteiger partial charge in [0.1, 0.15) is 6.54 Å². The van der Waals surface area contributed by atoms with E-state index in [-0.39, 0.29) is 36.7 Å². The summed E-state index contributed by atoms with van der Waals surface area (Å²) in [4.78, 5) is 21.5. The van der Waals surface area contributed by atoms with Crippen molar-refractivity contribution in [3.63, 3.8) is 0 Å². The number of nitro groups is 1. The molecule has 0 saturated heterocycles. The maximum atomic E-state index is 11.7. The number of nitrogens with zero attached hydrogens (tertiary/aromatic N) is 3. The SMILES string of the molecule is Cl.NCC(NC(=O)Cn1ccc([N+](=O)[O-])n1)C1CC1. The van der Waals surface area contributed by atoms with E-state index in [4.69, 9.17) is 5.73 Å². The van der Waals surface area contributed by atoms with E-state index in [1.807, 2.05) is 0 Å². The summed E-state index contributed by atoms with van der Waals surface area (Å²) in [5.41, 5.74) is 5.57. The van der Waals surface area contributed by atoms with Gasteiger partial charge in [-0.05, 0) is 23.7 Å². The van der Waals surface area contributed by atoms with Gasteiger partial charge in [0, 0.05) is 12.6 Å². The number of hydrogen-bond acceptors (Lipinski definition) is 5. The fraction of sp³-hybridized carbons (Fsp3) is 0.600. The van der Waals surface area contributed by atoms with Crippen LogP contribution in [0.25, 0.3) is 0 Å². The molecule has 1 saturated carbocycles. The first kappa shape index (κ1) is 15.4. The van der Waals surface area contributed by atoms with E-state index < -0.39 is 4.92 Å². The van der Waals surface area contributed by atoms with Crippen molar-refractivity contribution >= 4 is 24.1 Å².